The number of allylic oxidation sites excluding steroid dienone is 1. The van der Waals surface area contributed by atoms with Crippen LogP contribution in [-0.2, 0) is 0 Å². The van der Waals surface area contributed by atoms with Crippen LogP contribution in [0.2, 0.25) is 0 Å². The first kappa shape index (κ1) is 7.14. The molecule has 0 spiro atoms. The van der Waals surface area contributed by atoms with Gasteiger partial charge in [0.05, 0.1) is 0 Å². The number of nitrogens with zero attached hydrogens (tertiary/aromatic N) is 1. The standard InChI is InChI=1S/C5H8N.Li/c1-2-4-6-5-3-1;/h2,4H,1,3,5H2;/q-1;+1. The Morgan fingerprint density at radius 3 is 2.43 bits per heavy atom. The molecule has 34 valence electrons. The zero-order chi connectivity index (χ0) is 4.24. The third kappa shape index (κ3) is 2.79. The monoisotopic (exact) mass is 89.1 g/mol. The maximum atomic E-state index is 4.00. The van der Waals surface area contributed by atoms with Gasteiger partial charge in [0.2, 0.25) is 0 Å². The van der Waals surface area contributed by atoms with Crippen molar-refractivity contribution < 1.29 is 18.9 Å². The van der Waals surface area contributed by atoms with E-state index in [2.05, 4.69) is 11.4 Å². The molecular weight excluding hydrogens is 81.0 g/mol. The molecule has 0 aromatic heterocycles. The molecule has 0 N–H and O–H groups in total. The Kier molecular flexibility index (Phi) is 4.38. The zero-order valence-electron chi connectivity index (χ0n) is 4.72. The zero-order valence-corrected chi connectivity index (χ0v) is 4.72. The molecule has 1 heterocycles. The van der Waals surface area contributed by atoms with Crippen LogP contribution in [0.25, 0.3) is 5.32 Å². The van der Waals surface area contributed by atoms with Gasteiger partial charge >= 0.3 is 18.9 Å². The van der Waals surface area contributed by atoms with E-state index in [1.807, 2.05) is 6.20 Å². The van der Waals surface area contributed by atoms with Crippen molar-refractivity contribution in [3.63, 3.8) is 0 Å². The molecule has 0 atom stereocenters. The Morgan fingerprint density at radius 2 is 2.29 bits per heavy atom. The van der Waals surface area contributed by atoms with Crippen LogP contribution in [0.5, 0.6) is 0 Å². The van der Waals surface area contributed by atoms with Crippen LogP contribution >= 0.6 is 0 Å². The van der Waals surface area contributed by atoms with E-state index in [1.165, 1.54) is 12.8 Å². The minimum absolute atomic E-state index is 0. The SMILES string of the molecule is C1=C[N-]CCC1.[Li+]. The van der Waals surface area contributed by atoms with Crippen molar-refractivity contribution in [1.29, 1.82) is 0 Å². The Bertz CT molecular complexity index is 53.1. The molecule has 2 heteroatoms. The Hall–Kier alpha value is 0.137. The second kappa shape index (κ2) is 4.30. The average molecular weight is 89.1 g/mol. The molecule has 0 aromatic carbocycles. The van der Waals surface area contributed by atoms with Gasteiger partial charge in [-0.05, 0) is 6.42 Å². The fourth-order valence-corrected chi connectivity index (χ4v) is 0.524. The summed E-state index contributed by atoms with van der Waals surface area (Å²) >= 11 is 0. The fraction of sp³-hybridized carbons (Fsp3) is 0.600. The van der Waals surface area contributed by atoms with Crippen LogP contribution in [0, 0.1) is 0 Å². The molecule has 0 amide bonds. The molecule has 0 saturated heterocycles. The quantitative estimate of drug-likeness (QED) is 0.326. The summed E-state index contributed by atoms with van der Waals surface area (Å²) in [5.41, 5.74) is 0. The Balaban J connectivity index is 0.000000360. The van der Waals surface area contributed by atoms with Crippen LogP contribution < -0.4 is 18.9 Å². The second-order valence-electron chi connectivity index (χ2n) is 1.43. The van der Waals surface area contributed by atoms with Crippen LogP contribution in [0.4, 0.5) is 0 Å². The number of hydrogen-bond donors (Lipinski definition) is 0. The van der Waals surface area contributed by atoms with Crippen molar-refractivity contribution in [2.45, 2.75) is 12.8 Å². The van der Waals surface area contributed by atoms with Gasteiger partial charge in [-0.25, -0.2) is 0 Å². The first-order valence-corrected chi connectivity index (χ1v) is 2.32. The molecule has 1 aliphatic heterocycles. The minimum Gasteiger partial charge on any atom is -0.691 e. The first-order valence-electron chi connectivity index (χ1n) is 2.32. The molecule has 1 rings (SSSR count). The summed E-state index contributed by atoms with van der Waals surface area (Å²) in [6.45, 7) is 1.04. The molecule has 0 aliphatic carbocycles. The Labute approximate surface area is 56.4 Å². The van der Waals surface area contributed by atoms with Gasteiger partial charge in [-0.1, -0.05) is 6.42 Å². The maximum Gasteiger partial charge on any atom is 1.00 e. The van der Waals surface area contributed by atoms with Crippen molar-refractivity contribution in [2.24, 2.45) is 0 Å². The smallest absolute Gasteiger partial charge is 0.691 e. The summed E-state index contributed by atoms with van der Waals surface area (Å²) < 4.78 is 0. The average Bonchev–Trinajstić information content (AvgIpc) is 1.72. The third-order valence-corrected chi connectivity index (χ3v) is 0.869. The van der Waals surface area contributed by atoms with Crippen LogP contribution in [-0.4, -0.2) is 6.54 Å². The Morgan fingerprint density at radius 1 is 1.43 bits per heavy atom. The van der Waals surface area contributed by atoms with E-state index >= 15 is 0 Å². The van der Waals surface area contributed by atoms with E-state index in [9.17, 15) is 0 Å². The molecule has 1 nitrogen and oxygen atoms in total. The first-order chi connectivity index (χ1) is 3.00. The molecule has 0 saturated carbocycles. The predicted molar refractivity (Wildman–Crippen MR) is 26.6 cm³/mol. The summed E-state index contributed by atoms with van der Waals surface area (Å²) in [5.74, 6) is 0. The van der Waals surface area contributed by atoms with Crippen molar-refractivity contribution in [2.75, 3.05) is 6.54 Å². The van der Waals surface area contributed by atoms with Crippen molar-refractivity contribution in [3.8, 4) is 0 Å². The summed E-state index contributed by atoms with van der Waals surface area (Å²) in [5, 5.41) is 4.00. The van der Waals surface area contributed by atoms with Gasteiger partial charge in [0.15, 0.2) is 0 Å². The van der Waals surface area contributed by atoms with E-state index in [1.54, 1.807) is 0 Å². The van der Waals surface area contributed by atoms with Crippen LogP contribution in [0.3, 0.4) is 0 Å². The fourth-order valence-electron chi connectivity index (χ4n) is 0.524. The summed E-state index contributed by atoms with van der Waals surface area (Å²) in [6, 6.07) is 0. The molecule has 7 heavy (non-hydrogen) atoms. The van der Waals surface area contributed by atoms with Crippen molar-refractivity contribution in [1.82, 2.24) is 0 Å². The molecule has 0 unspecified atom stereocenters. The molecule has 1 aliphatic rings. The van der Waals surface area contributed by atoms with Crippen LogP contribution in [0.1, 0.15) is 12.8 Å². The molecule has 0 bridgehead atoms. The topological polar surface area (TPSA) is 14.1 Å². The number of hydrogen-bond acceptors (Lipinski definition) is 0. The molecular formula is C5H8LiN. The third-order valence-electron chi connectivity index (χ3n) is 0.869. The number of rotatable bonds is 0. The van der Waals surface area contributed by atoms with Gasteiger partial charge in [-0.2, -0.15) is 6.20 Å². The second-order valence-corrected chi connectivity index (χ2v) is 1.43. The molecule has 0 aromatic rings. The maximum absolute atomic E-state index is 4.00. The van der Waals surface area contributed by atoms with E-state index in [0.29, 0.717) is 0 Å². The van der Waals surface area contributed by atoms with Gasteiger partial charge in [0.25, 0.3) is 0 Å². The van der Waals surface area contributed by atoms with Crippen LogP contribution in [0.15, 0.2) is 12.3 Å². The molecule has 0 radical (unpaired) electrons. The van der Waals surface area contributed by atoms with Gasteiger partial charge in [0, 0.05) is 0 Å². The minimum atomic E-state index is 0. The van der Waals surface area contributed by atoms with E-state index in [-0.39, 0.29) is 18.9 Å². The van der Waals surface area contributed by atoms with Crippen molar-refractivity contribution >= 4 is 0 Å². The summed E-state index contributed by atoms with van der Waals surface area (Å²) in [6.07, 6.45) is 6.47. The van der Waals surface area contributed by atoms with E-state index < -0.39 is 0 Å². The summed E-state index contributed by atoms with van der Waals surface area (Å²) in [4.78, 5) is 0. The van der Waals surface area contributed by atoms with Crippen molar-refractivity contribution in [3.05, 3.63) is 17.6 Å². The largest absolute Gasteiger partial charge is 1.00 e. The van der Waals surface area contributed by atoms with Gasteiger partial charge in [0.1, 0.15) is 0 Å². The van der Waals surface area contributed by atoms with E-state index in [4.69, 9.17) is 0 Å². The van der Waals surface area contributed by atoms with Gasteiger partial charge < -0.3 is 5.32 Å². The summed E-state index contributed by atoms with van der Waals surface area (Å²) in [7, 11) is 0. The van der Waals surface area contributed by atoms with Gasteiger partial charge in [-0.15, -0.1) is 12.6 Å². The van der Waals surface area contributed by atoms with E-state index in [0.717, 1.165) is 6.54 Å². The predicted octanol–water partition coefficient (Wildman–Crippen LogP) is -1.33. The van der Waals surface area contributed by atoms with Gasteiger partial charge in [-0.3, -0.25) is 0 Å². The molecule has 0 fully saturated rings. The normalized spacial score (nSPS) is 17.1.